The Hall–Kier alpha value is -2.38. The first kappa shape index (κ1) is 15.0. The van der Waals surface area contributed by atoms with Gasteiger partial charge in [0, 0.05) is 6.04 Å². The maximum absolute atomic E-state index is 11.9. The van der Waals surface area contributed by atoms with E-state index in [1.807, 2.05) is 0 Å². The molecule has 1 fully saturated rings. The van der Waals surface area contributed by atoms with Crippen LogP contribution in [0, 0.1) is 16.0 Å². The molecule has 1 aromatic rings. The number of amides is 1. The predicted molar refractivity (Wildman–Crippen MR) is 70.6 cm³/mol. The number of ether oxygens (including phenoxy) is 1. The van der Waals surface area contributed by atoms with Crippen molar-refractivity contribution in [2.45, 2.75) is 31.7 Å². The number of hydrogen-bond acceptors (Lipinski definition) is 6. The third kappa shape index (κ3) is 3.59. The third-order valence-corrected chi connectivity index (χ3v) is 3.59. The van der Waals surface area contributed by atoms with E-state index in [0.29, 0.717) is 25.7 Å². The second-order valence-corrected chi connectivity index (χ2v) is 4.94. The molecule has 1 saturated carbocycles. The fourth-order valence-corrected chi connectivity index (χ4v) is 2.44. The Bertz CT molecular complexity index is 545. The van der Waals surface area contributed by atoms with Crippen molar-refractivity contribution in [3.05, 3.63) is 28.0 Å². The van der Waals surface area contributed by atoms with Gasteiger partial charge in [0.1, 0.15) is 4.92 Å². The fourth-order valence-electron chi connectivity index (χ4n) is 2.44. The van der Waals surface area contributed by atoms with Gasteiger partial charge in [-0.1, -0.05) is 0 Å². The van der Waals surface area contributed by atoms with E-state index in [9.17, 15) is 19.7 Å². The van der Waals surface area contributed by atoms with E-state index < -0.39 is 16.7 Å². The van der Waals surface area contributed by atoms with Crippen molar-refractivity contribution in [3.8, 4) is 0 Å². The summed E-state index contributed by atoms with van der Waals surface area (Å²) < 4.78 is 9.54. The SMILES string of the molecule is COC(=O)C1CCC(NC(=O)c2ccc([N+](=O)[O-])o2)CC1. The van der Waals surface area contributed by atoms with Crippen LogP contribution in [-0.2, 0) is 9.53 Å². The molecule has 0 aromatic carbocycles. The molecule has 1 aliphatic rings. The first-order chi connectivity index (χ1) is 10.0. The minimum Gasteiger partial charge on any atom is -0.469 e. The molecular weight excluding hydrogens is 280 g/mol. The average Bonchev–Trinajstić information content (AvgIpc) is 2.97. The van der Waals surface area contributed by atoms with Gasteiger partial charge < -0.3 is 14.5 Å². The van der Waals surface area contributed by atoms with E-state index in [4.69, 9.17) is 9.15 Å². The highest BCUT2D eigenvalue weighted by Gasteiger charge is 2.28. The Morgan fingerprint density at radius 1 is 1.33 bits per heavy atom. The van der Waals surface area contributed by atoms with Crippen molar-refractivity contribution < 1.29 is 23.7 Å². The van der Waals surface area contributed by atoms with E-state index in [2.05, 4.69) is 5.32 Å². The molecule has 0 unspecified atom stereocenters. The van der Waals surface area contributed by atoms with Gasteiger partial charge in [-0.05, 0) is 31.7 Å². The summed E-state index contributed by atoms with van der Waals surface area (Å²) in [5.74, 6) is -1.37. The molecule has 2 rings (SSSR count). The Balaban J connectivity index is 1.86. The lowest BCUT2D eigenvalue weighted by Gasteiger charge is -2.27. The van der Waals surface area contributed by atoms with Crippen LogP contribution in [-0.4, -0.2) is 30.0 Å². The Labute approximate surface area is 120 Å². The van der Waals surface area contributed by atoms with E-state index in [1.54, 1.807) is 0 Å². The largest absolute Gasteiger partial charge is 0.469 e. The summed E-state index contributed by atoms with van der Waals surface area (Å²) in [6, 6.07) is 2.35. The highest BCUT2D eigenvalue weighted by Crippen LogP contribution is 2.25. The van der Waals surface area contributed by atoms with E-state index in [0.717, 1.165) is 6.07 Å². The van der Waals surface area contributed by atoms with Crippen molar-refractivity contribution in [1.29, 1.82) is 0 Å². The Morgan fingerprint density at radius 2 is 2.00 bits per heavy atom. The molecule has 0 radical (unpaired) electrons. The molecule has 1 aliphatic carbocycles. The van der Waals surface area contributed by atoms with Gasteiger partial charge in [-0.25, -0.2) is 0 Å². The maximum Gasteiger partial charge on any atom is 0.433 e. The molecule has 0 saturated heterocycles. The third-order valence-electron chi connectivity index (χ3n) is 3.59. The van der Waals surface area contributed by atoms with Crippen LogP contribution in [0.1, 0.15) is 36.2 Å². The molecular formula is C13H16N2O6. The number of nitrogens with zero attached hydrogens (tertiary/aromatic N) is 1. The topological polar surface area (TPSA) is 112 Å². The van der Waals surface area contributed by atoms with Crippen molar-refractivity contribution in [2.24, 2.45) is 5.92 Å². The Kier molecular flexibility index (Phi) is 4.56. The highest BCUT2D eigenvalue weighted by atomic mass is 16.6. The molecule has 21 heavy (non-hydrogen) atoms. The summed E-state index contributed by atoms with van der Waals surface area (Å²) in [6.45, 7) is 0. The standard InChI is InChI=1S/C13H16N2O6/c1-20-13(17)8-2-4-9(5-3-8)14-12(16)10-6-7-11(21-10)15(18)19/h6-9H,2-5H2,1H3,(H,14,16). The zero-order chi connectivity index (χ0) is 15.4. The normalized spacial score (nSPS) is 21.6. The molecule has 0 bridgehead atoms. The fraction of sp³-hybridized carbons (Fsp3) is 0.538. The Morgan fingerprint density at radius 3 is 2.52 bits per heavy atom. The van der Waals surface area contributed by atoms with E-state index in [-0.39, 0.29) is 23.7 Å². The molecule has 8 nitrogen and oxygen atoms in total. The van der Waals surface area contributed by atoms with Gasteiger partial charge in [0.05, 0.1) is 19.1 Å². The molecule has 0 spiro atoms. The number of methoxy groups -OCH3 is 1. The second-order valence-electron chi connectivity index (χ2n) is 4.94. The van der Waals surface area contributed by atoms with Gasteiger partial charge in [0.25, 0.3) is 5.91 Å². The van der Waals surface area contributed by atoms with E-state index >= 15 is 0 Å². The molecule has 1 N–H and O–H groups in total. The lowest BCUT2D eigenvalue weighted by molar-refractivity contribution is -0.402. The monoisotopic (exact) mass is 296 g/mol. The van der Waals surface area contributed by atoms with Crippen LogP contribution in [0.15, 0.2) is 16.5 Å². The van der Waals surface area contributed by atoms with Crippen LogP contribution in [0.25, 0.3) is 0 Å². The molecule has 114 valence electrons. The number of esters is 1. The number of nitrogens with one attached hydrogen (secondary N) is 1. The van der Waals surface area contributed by atoms with Crippen LogP contribution in [0.3, 0.4) is 0 Å². The van der Waals surface area contributed by atoms with E-state index in [1.165, 1.54) is 13.2 Å². The highest BCUT2D eigenvalue weighted by molar-refractivity contribution is 5.91. The molecule has 8 heteroatoms. The molecule has 1 aromatic heterocycles. The zero-order valence-electron chi connectivity index (χ0n) is 11.5. The predicted octanol–water partition coefficient (Wildman–Crippen LogP) is 1.65. The van der Waals surface area contributed by atoms with Gasteiger partial charge in [-0.2, -0.15) is 0 Å². The van der Waals surface area contributed by atoms with Crippen molar-refractivity contribution in [2.75, 3.05) is 7.11 Å². The van der Waals surface area contributed by atoms with Gasteiger partial charge in [0.2, 0.25) is 0 Å². The number of hydrogen-bond donors (Lipinski definition) is 1. The smallest absolute Gasteiger partial charge is 0.433 e. The minimum atomic E-state index is -0.696. The van der Waals surface area contributed by atoms with Crippen LogP contribution >= 0.6 is 0 Å². The average molecular weight is 296 g/mol. The summed E-state index contributed by atoms with van der Waals surface area (Å²) >= 11 is 0. The molecule has 0 atom stereocenters. The molecule has 0 aliphatic heterocycles. The lowest BCUT2D eigenvalue weighted by Crippen LogP contribution is -2.38. The van der Waals surface area contributed by atoms with Crippen LogP contribution < -0.4 is 5.32 Å². The summed E-state index contributed by atoms with van der Waals surface area (Å²) in [5.41, 5.74) is 0. The zero-order valence-corrected chi connectivity index (χ0v) is 11.5. The number of carbonyl (C=O) groups is 2. The van der Waals surface area contributed by atoms with Crippen molar-refractivity contribution in [3.63, 3.8) is 0 Å². The first-order valence-corrected chi connectivity index (χ1v) is 6.64. The number of carbonyl (C=O) groups excluding carboxylic acids is 2. The number of nitro groups is 1. The maximum atomic E-state index is 11.9. The van der Waals surface area contributed by atoms with Crippen molar-refractivity contribution in [1.82, 2.24) is 5.32 Å². The summed E-state index contributed by atoms with van der Waals surface area (Å²) in [7, 11) is 1.36. The number of furan rings is 1. The molecule has 1 amide bonds. The molecule has 1 heterocycles. The van der Waals surface area contributed by atoms with Crippen LogP contribution in [0.4, 0.5) is 5.88 Å². The quantitative estimate of drug-likeness (QED) is 0.513. The summed E-state index contributed by atoms with van der Waals surface area (Å²) in [6.07, 6.45) is 2.62. The van der Waals surface area contributed by atoms with Gasteiger partial charge in [-0.3, -0.25) is 19.7 Å². The van der Waals surface area contributed by atoms with Gasteiger partial charge in [0.15, 0.2) is 5.76 Å². The summed E-state index contributed by atoms with van der Waals surface area (Å²) in [4.78, 5) is 33.1. The summed E-state index contributed by atoms with van der Waals surface area (Å²) in [5, 5.41) is 13.2. The first-order valence-electron chi connectivity index (χ1n) is 6.64. The van der Waals surface area contributed by atoms with Crippen LogP contribution in [0.5, 0.6) is 0 Å². The minimum absolute atomic E-state index is 0.0671. The second kappa shape index (κ2) is 6.38. The van der Waals surface area contributed by atoms with Gasteiger partial charge >= 0.3 is 11.9 Å². The van der Waals surface area contributed by atoms with Crippen LogP contribution in [0.2, 0.25) is 0 Å². The lowest BCUT2D eigenvalue weighted by atomic mass is 9.86. The van der Waals surface area contributed by atoms with Crippen molar-refractivity contribution >= 4 is 17.8 Å². The van der Waals surface area contributed by atoms with Gasteiger partial charge in [-0.15, -0.1) is 0 Å². The number of rotatable bonds is 4.